The minimum atomic E-state index is 0.00942. The molecule has 0 spiro atoms. The van der Waals surface area contributed by atoms with Crippen molar-refractivity contribution in [3.63, 3.8) is 0 Å². The number of allylic oxidation sites excluding steroid dienone is 14. The second-order valence-corrected chi connectivity index (χ2v) is 11.4. The van der Waals surface area contributed by atoms with Gasteiger partial charge in [0.15, 0.2) is 0 Å². The molecule has 4 heterocycles. The number of hydrogen-bond donors (Lipinski definition) is 0. The molecule has 6 heteroatoms. The first kappa shape index (κ1) is 28.1. The van der Waals surface area contributed by atoms with E-state index in [-0.39, 0.29) is 20.9 Å². The van der Waals surface area contributed by atoms with Gasteiger partial charge in [0, 0.05) is 22.6 Å². The zero-order valence-electron chi connectivity index (χ0n) is 26.3. The summed E-state index contributed by atoms with van der Waals surface area (Å²) >= 11 is 0. The van der Waals surface area contributed by atoms with Crippen LogP contribution in [0, 0.1) is 0 Å². The first-order valence-corrected chi connectivity index (χ1v) is 15.4. The predicted octanol–water partition coefficient (Wildman–Crippen LogP) is 8.00. The molecule has 3 nitrogen and oxygen atoms in total. The highest BCUT2D eigenvalue weighted by Crippen LogP contribution is 2.50. The summed E-state index contributed by atoms with van der Waals surface area (Å²) in [6, 6.07) is 18.0. The van der Waals surface area contributed by atoms with Crippen molar-refractivity contribution in [2.24, 2.45) is 0 Å². The molecule has 1 saturated heterocycles. The van der Waals surface area contributed by atoms with Gasteiger partial charge in [0.25, 0.3) is 0 Å². The SMILES string of the molecule is C/C=C\C1=C(C)C(C)=C(/C=C\C)N2B3c4ccccc4C(=C/C)/C(=C\C)N3B3C(=C/C)/C(=C\C)c4ccccc4N3B12. The first-order chi connectivity index (χ1) is 20.5. The summed E-state index contributed by atoms with van der Waals surface area (Å²) in [5, 5.41) is 0. The van der Waals surface area contributed by atoms with Gasteiger partial charge in [-0.1, -0.05) is 85.0 Å². The molecule has 6 rings (SSSR count). The Morgan fingerprint density at radius 3 is 1.88 bits per heavy atom. The summed E-state index contributed by atoms with van der Waals surface area (Å²) in [5.41, 5.74) is 15.8. The Morgan fingerprint density at radius 1 is 0.571 bits per heavy atom. The number of para-hydroxylation sites is 1. The number of benzene rings is 2. The van der Waals surface area contributed by atoms with E-state index in [1.807, 2.05) is 0 Å². The van der Waals surface area contributed by atoms with Crippen LogP contribution in [0.25, 0.3) is 11.1 Å². The molecule has 0 aromatic heterocycles. The number of rotatable bonds is 2. The zero-order valence-corrected chi connectivity index (χ0v) is 26.3. The van der Waals surface area contributed by atoms with Crippen LogP contribution in [0.3, 0.4) is 0 Å². The highest BCUT2D eigenvalue weighted by atomic mass is 15.3. The fourth-order valence-corrected chi connectivity index (χ4v) is 7.75. The molecule has 0 bridgehead atoms. The van der Waals surface area contributed by atoms with E-state index in [9.17, 15) is 0 Å². The van der Waals surface area contributed by atoms with Gasteiger partial charge in [-0.15, -0.1) is 0 Å². The van der Waals surface area contributed by atoms with Gasteiger partial charge < -0.3 is 14.2 Å². The molecule has 2 aromatic carbocycles. The average molecular weight is 547 g/mol. The van der Waals surface area contributed by atoms with Crippen LogP contribution in [0.2, 0.25) is 0 Å². The van der Waals surface area contributed by atoms with Gasteiger partial charge in [0.2, 0.25) is 0 Å². The lowest BCUT2D eigenvalue weighted by Gasteiger charge is -2.62. The van der Waals surface area contributed by atoms with Crippen molar-refractivity contribution in [2.75, 3.05) is 4.72 Å². The van der Waals surface area contributed by atoms with Gasteiger partial charge in [0.05, 0.1) is 0 Å². The summed E-state index contributed by atoms with van der Waals surface area (Å²) < 4.78 is 8.11. The lowest BCUT2D eigenvalue weighted by molar-refractivity contribution is 0.671. The van der Waals surface area contributed by atoms with Crippen LogP contribution in [0.15, 0.2) is 131 Å². The Morgan fingerprint density at radius 2 is 1.24 bits per heavy atom. The molecule has 42 heavy (non-hydrogen) atoms. The molecule has 208 valence electrons. The molecular weight excluding hydrogens is 507 g/mol. The lowest BCUT2D eigenvalue weighted by atomic mass is 9.33. The van der Waals surface area contributed by atoms with Gasteiger partial charge in [-0.25, -0.2) is 0 Å². The molecule has 1 fully saturated rings. The van der Waals surface area contributed by atoms with E-state index in [0.29, 0.717) is 0 Å². The van der Waals surface area contributed by atoms with Gasteiger partial charge in [0.1, 0.15) is 0 Å². The van der Waals surface area contributed by atoms with Crippen molar-refractivity contribution in [1.29, 1.82) is 0 Å². The van der Waals surface area contributed by atoms with Crippen molar-refractivity contribution >= 4 is 43.2 Å². The van der Waals surface area contributed by atoms with Crippen LogP contribution >= 0.6 is 0 Å². The number of nitrogens with zero attached hydrogens (tertiary/aromatic N) is 3. The summed E-state index contributed by atoms with van der Waals surface area (Å²) in [6.07, 6.45) is 18.3. The van der Waals surface area contributed by atoms with Gasteiger partial charge in [-0.3, -0.25) is 0 Å². The van der Waals surface area contributed by atoms with E-state index in [1.54, 1.807) is 0 Å². The molecule has 0 amide bonds. The van der Waals surface area contributed by atoms with Gasteiger partial charge in [-0.05, 0) is 112 Å². The molecule has 0 atom stereocenters. The van der Waals surface area contributed by atoms with E-state index in [0.717, 1.165) is 0 Å². The highest BCUT2D eigenvalue weighted by molar-refractivity contribution is 7.03. The Balaban J connectivity index is 1.80. The summed E-state index contributed by atoms with van der Waals surface area (Å²) in [6.45, 7) is 17.7. The Hall–Kier alpha value is -4.05. The van der Waals surface area contributed by atoms with Crippen molar-refractivity contribution in [3.8, 4) is 0 Å². The summed E-state index contributed by atoms with van der Waals surface area (Å²) in [7, 11) is 0. The molecular formula is C36H40B3N3. The molecule has 0 radical (unpaired) electrons. The molecule has 2 aromatic rings. The standard InChI is InChI=1S/C36H40B3N3/c1-9-19-32-25(7)26(8)35(20-10-2)41-38(32)42-36-24-18-16-22-30(36)27(11-3)31(13-5)37(42)40-34(14-6)28(12-4)29-21-15-17-23-33(29)39(40)41/h9-24H,1-8H3/b19-9-,20-10-,27-11-,28-12-,31-13+,34-14+. The maximum Gasteiger partial charge on any atom is 0.389 e. The summed E-state index contributed by atoms with van der Waals surface area (Å²) in [5.74, 6) is 0. The van der Waals surface area contributed by atoms with E-state index in [4.69, 9.17) is 0 Å². The van der Waals surface area contributed by atoms with E-state index in [2.05, 4.69) is 167 Å². The van der Waals surface area contributed by atoms with Crippen LogP contribution in [0.1, 0.15) is 66.5 Å². The van der Waals surface area contributed by atoms with Gasteiger partial charge >= 0.3 is 20.9 Å². The fourth-order valence-electron chi connectivity index (χ4n) is 7.75. The van der Waals surface area contributed by atoms with Crippen molar-refractivity contribution in [3.05, 3.63) is 142 Å². The quantitative estimate of drug-likeness (QED) is 0.353. The van der Waals surface area contributed by atoms with Crippen LogP contribution in [0.5, 0.6) is 0 Å². The number of anilines is 1. The largest absolute Gasteiger partial charge is 0.416 e. The van der Waals surface area contributed by atoms with Crippen LogP contribution in [-0.2, 0) is 0 Å². The molecule has 0 saturated carbocycles. The third-order valence-corrected chi connectivity index (χ3v) is 9.49. The van der Waals surface area contributed by atoms with Crippen molar-refractivity contribution < 1.29 is 0 Å². The maximum atomic E-state index is 2.70. The second kappa shape index (κ2) is 11.0. The maximum absolute atomic E-state index is 2.70. The molecule has 4 aliphatic heterocycles. The van der Waals surface area contributed by atoms with E-state index < -0.39 is 0 Å². The first-order valence-electron chi connectivity index (χ1n) is 15.4. The Labute approximate surface area is 254 Å². The van der Waals surface area contributed by atoms with Crippen molar-refractivity contribution in [2.45, 2.75) is 55.4 Å². The van der Waals surface area contributed by atoms with Crippen molar-refractivity contribution in [1.82, 2.24) is 9.44 Å². The molecule has 4 aliphatic rings. The Bertz CT molecular complexity index is 1570. The van der Waals surface area contributed by atoms with E-state index >= 15 is 0 Å². The minimum Gasteiger partial charge on any atom is -0.416 e. The predicted molar refractivity (Wildman–Crippen MR) is 186 cm³/mol. The fraction of sp³-hybridized carbons (Fsp3) is 0.222. The highest BCUT2D eigenvalue weighted by Gasteiger charge is 2.61. The normalized spacial score (nSPS) is 22.3. The Kier molecular flexibility index (Phi) is 7.35. The monoisotopic (exact) mass is 547 g/mol. The molecule has 0 aliphatic carbocycles. The van der Waals surface area contributed by atoms with Crippen LogP contribution in [0.4, 0.5) is 5.69 Å². The second-order valence-electron chi connectivity index (χ2n) is 11.4. The van der Waals surface area contributed by atoms with Gasteiger partial charge in [-0.2, -0.15) is 0 Å². The zero-order chi connectivity index (χ0) is 29.7. The number of hydrogen-bond acceptors (Lipinski definition) is 3. The molecule has 0 N–H and O–H groups in total. The average Bonchev–Trinajstić information content (AvgIpc) is 3.02. The molecule has 0 unspecified atom stereocenters. The third kappa shape index (κ3) is 3.77. The van der Waals surface area contributed by atoms with Crippen LogP contribution in [-0.4, -0.2) is 30.4 Å². The summed E-state index contributed by atoms with van der Waals surface area (Å²) in [4.78, 5) is 0. The third-order valence-electron chi connectivity index (χ3n) is 9.49. The topological polar surface area (TPSA) is 9.72 Å². The smallest absolute Gasteiger partial charge is 0.389 e. The van der Waals surface area contributed by atoms with Crippen LogP contribution < -0.4 is 10.2 Å². The van der Waals surface area contributed by atoms with E-state index in [1.165, 1.54) is 66.9 Å². The number of fused-ring (bicyclic) bond motifs is 10. The lowest BCUT2D eigenvalue weighted by Crippen LogP contribution is -2.83. The minimum absolute atomic E-state index is 0.00942.